The quantitative estimate of drug-likeness (QED) is 0.545. The third kappa shape index (κ3) is 3.85. The van der Waals surface area contributed by atoms with Gasteiger partial charge >= 0.3 is 0 Å². The first-order valence-corrected chi connectivity index (χ1v) is 4.77. The molecule has 1 rings (SSSR count). The normalized spacial score (nSPS) is 27.1. The molecule has 5 nitrogen and oxygen atoms in total. The summed E-state index contributed by atoms with van der Waals surface area (Å²) in [6.07, 6.45) is 9.61. The van der Waals surface area contributed by atoms with Crippen molar-refractivity contribution in [3.05, 3.63) is 41.3 Å². The van der Waals surface area contributed by atoms with Crippen molar-refractivity contribution < 1.29 is 10.2 Å². The zero-order chi connectivity index (χ0) is 11.3. The molecule has 2 unspecified atom stereocenters. The monoisotopic (exact) mass is 211 g/mol. The molecule has 15 heavy (non-hydrogen) atoms. The van der Waals surface area contributed by atoms with Crippen molar-refractivity contribution in [2.75, 3.05) is 14.1 Å². The van der Waals surface area contributed by atoms with Crippen LogP contribution in [0.3, 0.4) is 0 Å². The van der Waals surface area contributed by atoms with Crippen LogP contribution in [-0.2, 0) is 4.94 Å². The van der Waals surface area contributed by atoms with Crippen LogP contribution < -0.4 is 16.0 Å². The smallest absolute Gasteiger partial charge is 0.0982 e. The van der Waals surface area contributed by atoms with Gasteiger partial charge in [-0.15, -0.1) is 10.4 Å². The molecule has 0 aromatic rings. The summed E-state index contributed by atoms with van der Waals surface area (Å²) in [6, 6.07) is 0. The molecule has 0 saturated heterocycles. The molecule has 5 heteroatoms. The van der Waals surface area contributed by atoms with Gasteiger partial charge < -0.3 is 10.5 Å². The maximum Gasteiger partial charge on any atom is 0.0982 e. The summed E-state index contributed by atoms with van der Waals surface area (Å²) < 4.78 is 0. The summed E-state index contributed by atoms with van der Waals surface area (Å²) in [5.74, 6) is 0. The van der Waals surface area contributed by atoms with E-state index in [0.717, 1.165) is 5.70 Å². The predicted molar refractivity (Wildman–Crippen MR) is 58.3 cm³/mol. The number of rotatable bonds is 4. The van der Waals surface area contributed by atoms with Crippen LogP contribution >= 0.6 is 0 Å². The van der Waals surface area contributed by atoms with E-state index in [4.69, 9.17) is 4.94 Å². The Bertz CT molecular complexity index is 297. The van der Waals surface area contributed by atoms with Crippen molar-refractivity contribution >= 4 is 0 Å². The van der Waals surface area contributed by atoms with Gasteiger partial charge in [-0.25, -0.2) is 5.23 Å². The molecule has 0 fully saturated rings. The Morgan fingerprint density at radius 2 is 2.20 bits per heavy atom. The molecule has 0 saturated carbocycles. The second kappa shape index (κ2) is 5.09. The van der Waals surface area contributed by atoms with E-state index in [-0.39, 0.29) is 5.23 Å². The standard InChI is InChI=1S/C10H17N3O2/c1-10(12-15-13(3)14)7-4-5-9(11-2)6-8-10/h4-8,11-13H,1-3H3. The van der Waals surface area contributed by atoms with Crippen LogP contribution in [0.5, 0.6) is 0 Å². The molecule has 0 aliphatic heterocycles. The topological polar surface area (TPSA) is 60.8 Å². The number of hydrogen-bond donors (Lipinski definition) is 3. The fourth-order valence-corrected chi connectivity index (χ4v) is 1.14. The number of allylic oxidation sites excluding steroid dienone is 3. The molecule has 1 aliphatic rings. The SMILES string of the molecule is CNC1=CC=CC(C)(NO[NH+](C)[O-])C=C1. The third-order valence-corrected chi connectivity index (χ3v) is 2.03. The zero-order valence-electron chi connectivity index (χ0n) is 9.20. The van der Waals surface area contributed by atoms with Crippen LogP contribution in [0.4, 0.5) is 0 Å². The summed E-state index contributed by atoms with van der Waals surface area (Å²) >= 11 is 0. The first-order valence-electron chi connectivity index (χ1n) is 4.77. The van der Waals surface area contributed by atoms with Crippen LogP contribution in [-0.4, -0.2) is 19.6 Å². The summed E-state index contributed by atoms with van der Waals surface area (Å²) in [4.78, 5) is 4.77. The minimum Gasteiger partial charge on any atom is -0.599 e. The van der Waals surface area contributed by atoms with Crippen LogP contribution in [0.15, 0.2) is 36.1 Å². The fourth-order valence-electron chi connectivity index (χ4n) is 1.14. The lowest BCUT2D eigenvalue weighted by molar-refractivity contribution is -1.05. The Morgan fingerprint density at radius 1 is 1.47 bits per heavy atom. The lowest BCUT2D eigenvalue weighted by Gasteiger charge is -2.24. The second-order valence-electron chi connectivity index (χ2n) is 3.54. The highest BCUT2D eigenvalue weighted by Crippen LogP contribution is 2.12. The molecular formula is C10H17N3O2. The van der Waals surface area contributed by atoms with E-state index in [1.54, 1.807) is 0 Å². The van der Waals surface area contributed by atoms with Crippen molar-refractivity contribution in [1.29, 1.82) is 0 Å². The molecule has 0 aromatic heterocycles. The van der Waals surface area contributed by atoms with Gasteiger partial charge in [-0.1, -0.05) is 18.2 Å². The van der Waals surface area contributed by atoms with Crippen LogP contribution in [0.1, 0.15) is 6.92 Å². The van der Waals surface area contributed by atoms with Crippen LogP contribution in [0.2, 0.25) is 0 Å². The highest BCUT2D eigenvalue weighted by molar-refractivity contribution is 5.32. The highest BCUT2D eigenvalue weighted by Gasteiger charge is 2.19. The number of hydrogen-bond acceptors (Lipinski definition) is 4. The first-order chi connectivity index (χ1) is 7.06. The predicted octanol–water partition coefficient (Wildman–Crippen LogP) is -0.577. The van der Waals surface area contributed by atoms with Crippen molar-refractivity contribution in [2.45, 2.75) is 12.5 Å². The molecule has 3 N–H and O–H groups in total. The Hall–Kier alpha value is -1.14. The number of hydroxylamine groups is 3. The van der Waals surface area contributed by atoms with Gasteiger partial charge in [0.15, 0.2) is 0 Å². The van der Waals surface area contributed by atoms with Crippen molar-refractivity contribution in [1.82, 2.24) is 10.8 Å². The van der Waals surface area contributed by atoms with E-state index < -0.39 is 5.54 Å². The molecule has 2 atom stereocenters. The van der Waals surface area contributed by atoms with E-state index in [9.17, 15) is 5.21 Å². The average molecular weight is 211 g/mol. The van der Waals surface area contributed by atoms with Crippen molar-refractivity contribution in [3.8, 4) is 0 Å². The van der Waals surface area contributed by atoms with Gasteiger partial charge in [0.25, 0.3) is 0 Å². The zero-order valence-corrected chi connectivity index (χ0v) is 9.20. The highest BCUT2D eigenvalue weighted by atomic mass is 17.0. The largest absolute Gasteiger partial charge is 0.599 e. The van der Waals surface area contributed by atoms with E-state index in [0.29, 0.717) is 0 Å². The summed E-state index contributed by atoms with van der Waals surface area (Å²) in [6.45, 7) is 1.91. The minimum atomic E-state index is -0.471. The van der Waals surface area contributed by atoms with Gasteiger partial charge in [0, 0.05) is 12.7 Å². The minimum absolute atomic E-state index is 0.357. The lowest BCUT2D eigenvalue weighted by Crippen LogP contribution is -3.04. The maximum absolute atomic E-state index is 10.7. The number of quaternary nitrogens is 1. The molecule has 0 spiro atoms. The fraction of sp³-hybridized carbons (Fsp3) is 0.400. The van der Waals surface area contributed by atoms with Gasteiger partial charge in [-0.05, 0) is 19.1 Å². The van der Waals surface area contributed by atoms with Gasteiger partial charge in [0.2, 0.25) is 0 Å². The van der Waals surface area contributed by atoms with E-state index in [2.05, 4.69) is 10.8 Å². The lowest BCUT2D eigenvalue weighted by atomic mass is 10.0. The molecule has 84 valence electrons. The summed E-state index contributed by atoms with van der Waals surface area (Å²) in [7, 11) is 3.21. The molecule has 0 heterocycles. The van der Waals surface area contributed by atoms with Crippen LogP contribution in [0, 0.1) is 5.21 Å². The molecular weight excluding hydrogens is 194 g/mol. The Balaban J connectivity index is 2.64. The number of likely N-dealkylation sites (N-methyl/N-ethyl adjacent to an activating group) is 1. The summed E-state index contributed by atoms with van der Waals surface area (Å²) in [5, 5.41) is 13.4. The third-order valence-electron chi connectivity index (χ3n) is 2.03. The van der Waals surface area contributed by atoms with Gasteiger partial charge in [0.1, 0.15) is 0 Å². The van der Waals surface area contributed by atoms with Gasteiger partial charge in [-0.3, -0.25) is 0 Å². The van der Waals surface area contributed by atoms with Crippen molar-refractivity contribution in [2.24, 2.45) is 0 Å². The van der Waals surface area contributed by atoms with E-state index >= 15 is 0 Å². The number of nitrogens with one attached hydrogen (secondary N) is 3. The maximum atomic E-state index is 10.7. The van der Waals surface area contributed by atoms with Crippen molar-refractivity contribution in [3.63, 3.8) is 0 Å². The molecule has 0 radical (unpaired) electrons. The average Bonchev–Trinajstić information content (AvgIpc) is 2.38. The molecule has 0 bridgehead atoms. The van der Waals surface area contributed by atoms with Gasteiger partial charge in [-0.2, -0.15) is 0 Å². The molecule has 0 amide bonds. The summed E-state index contributed by atoms with van der Waals surface area (Å²) in [5.41, 5.74) is 3.23. The first kappa shape index (κ1) is 11.9. The Morgan fingerprint density at radius 3 is 2.80 bits per heavy atom. The second-order valence-corrected chi connectivity index (χ2v) is 3.54. The van der Waals surface area contributed by atoms with Gasteiger partial charge in [0.05, 0.1) is 12.6 Å². The molecule has 1 aliphatic carbocycles. The Labute approximate surface area is 89.6 Å². The Kier molecular flexibility index (Phi) is 4.05. The van der Waals surface area contributed by atoms with E-state index in [1.165, 1.54) is 7.05 Å². The van der Waals surface area contributed by atoms with E-state index in [1.807, 2.05) is 44.4 Å². The molecule has 0 aromatic carbocycles. The van der Waals surface area contributed by atoms with Crippen LogP contribution in [0.25, 0.3) is 0 Å².